The number of alkyl halides is 3. The number of carboxylic acid groups (broad SMARTS) is 1. The fourth-order valence-corrected chi connectivity index (χ4v) is 4.60. The Morgan fingerprint density at radius 2 is 1.68 bits per heavy atom. The van der Waals surface area contributed by atoms with Gasteiger partial charge in [-0.15, -0.1) is 0 Å². The number of sulfonamides is 1. The van der Waals surface area contributed by atoms with Crippen LogP contribution in [0, 0.1) is 0 Å². The third-order valence-corrected chi connectivity index (χ3v) is 6.84. The molecule has 168 valence electrons. The van der Waals surface area contributed by atoms with E-state index in [9.17, 15) is 26.4 Å². The molecule has 0 radical (unpaired) electrons. The minimum absolute atomic E-state index is 0.0135. The minimum atomic E-state index is -4.61. The highest BCUT2D eigenvalue weighted by Gasteiger charge is 2.32. The maximum Gasteiger partial charge on any atom is 0.416 e. The molecule has 1 aliphatic heterocycles. The molecule has 7 nitrogen and oxygen atoms in total. The second-order valence-electron chi connectivity index (χ2n) is 7.12. The van der Waals surface area contributed by atoms with Gasteiger partial charge in [0, 0.05) is 31.7 Å². The summed E-state index contributed by atoms with van der Waals surface area (Å²) in [6.45, 7) is 1.18. The number of aliphatic carboxylic acids is 1. The first-order valence-corrected chi connectivity index (χ1v) is 10.8. The summed E-state index contributed by atoms with van der Waals surface area (Å²) in [6.07, 6.45) is -4.61. The molecule has 1 heterocycles. The number of ether oxygens (including phenoxy) is 1. The van der Waals surface area contributed by atoms with Crippen LogP contribution in [-0.2, 0) is 21.0 Å². The molecule has 3 rings (SSSR count). The molecule has 11 heteroatoms. The minimum Gasteiger partial charge on any atom is -0.481 e. The van der Waals surface area contributed by atoms with Gasteiger partial charge in [-0.05, 0) is 42.9 Å². The fourth-order valence-electron chi connectivity index (χ4n) is 3.18. The van der Waals surface area contributed by atoms with E-state index in [2.05, 4.69) is 0 Å². The number of halogens is 3. The Labute approximate surface area is 177 Å². The Balaban J connectivity index is 1.94. The lowest BCUT2D eigenvalue weighted by Crippen LogP contribution is -2.46. The molecule has 0 unspecified atom stereocenters. The number of carboxylic acids is 1. The van der Waals surface area contributed by atoms with Gasteiger partial charge in [-0.1, -0.05) is 12.1 Å². The second-order valence-corrected chi connectivity index (χ2v) is 9.06. The van der Waals surface area contributed by atoms with Gasteiger partial charge in [0.25, 0.3) is 0 Å². The number of benzene rings is 2. The van der Waals surface area contributed by atoms with Gasteiger partial charge in [0.15, 0.2) is 6.61 Å². The topological polar surface area (TPSA) is 87.2 Å². The van der Waals surface area contributed by atoms with Crippen LogP contribution in [0.4, 0.5) is 13.2 Å². The van der Waals surface area contributed by atoms with Gasteiger partial charge in [-0.2, -0.15) is 17.5 Å². The lowest BCUT2D eigenvalue weighted by molar-refractivity contribution is -0.140. The van der Waals surface area contributed by atoms with Crippen molar-refractivity contribution in [2.45, 2.75) is 11.1 Å². The number of rotatable bonds is 6. The van der Waals surface area contributed by atoms with E-state index < -0.39 is 34.3 Å². The van der Waals surface area contributed by atoms with Crippen molar-refractivity contribution in [3.8, 4) is 16.9 Å². The van der Waals surface area contributed by atoms with Crippen LogP contribution in [0.15, 0.2) is 47.4 Å². The van der Waals surface area contributed by atoms with Gasteiger partial charge in [0.2, 0.25) is 10.0 Å². The van der Waals surface area contributed by atoms with Crippen molar-refractivity contribution in [2.75, 3.05) is 39.8 Å². The highest BCUT2D eigenvalue weighted by atomic mass is 32.2. The summed E-state index contributed by atoms with van der Waals surface area (Å²) in [4.78, 5) is 12.8. The number of piperazine rings is 1. The van der Waals surface area contributed by atoms with Crippen LogP contribution in [0.2, 0.25) is 0 Å². The summed E-state index contributed by atoms with van der Waals surface area (Å²) < 4.78 is 71.7. The normalized spacial score (nSPS) is 16.3. The summed E-state index contributed by atoms with van der Waals surface area (Å²) in [5.41, 5.74) is -0.650. The third kappa shape index (κ3) is 5.35. The first kappa shape index (κ1) is 23.0. The molecule has 0 atom stereocenters. The van der Waals surface area contributed by atoms with Gasteiger partial charge in [0.1, 0.15) is 5.75 Å². The Hall–Kier alpha value is -2.63. The zero-order valence-corrected chi connectivity index (χ0v) is 17.4. The van der Waals surface area contributed by atoms with Crippen molar-refractivity contribution in [2.24, 2.45) is 0 Å². The van der Waals surface area contributed by atoms with Crippen LogP contribution >= 0.6 is 0 Å². The molecular formula is C20H21F3N2O5S. The van der Waals surface area contributed by atoms with Gasteiger partial charge >= 0.3 is 12.1 Å². The molecule has 1 saturated heterocycles. The van der Waals surface area contributed by atoms with E-state index in [1.807, 2.05) is 11.9 Å². The lowest BCUT2D eigenvalue weighted by atomic mass is 10.0. The van der Waals surface area contributed by atoms with Crippen LogP contribution in [0.1, 0.15) is 5.56 Å². The second kappa shape index (κ2) is 8.85. The molecule has 1 aliphatic rings. The Bertz CT molecular complexity index is 1050. The van der Waals surface area contributed by atoms with Gasteiger partial charge in [-0.25, -0.2) is 13.2 Å². The van der Waals surface area contributed by atoms with Crippen LogP contribution in [0.3, 0.4) is 0 Å². The summed E-state index contributed by atoms with van der Waals surface area (Å²) in [6, 6.07) is 8.11. The summed E-state index contributed by atoms with van der Waals surface area (Å²) in [5.74, 6) is -1.33. The highest BCUT2D eigenvalue weighted by Crippen LogP contribution is 2.37. The predicted octanol–water partition coefficient (Wildman–Crippen LogP) is 2.77. The van der Waals surface area contributed by atoms with Crippen molar-refractivity contribution in [3.63, 3.8) is 0 Å². The van der Waals surface area contributed by atoms with Gasteiger partial charge in [0.05, 0.1) is 10.5 Å². The number of hydrogen-bond acceptors (Lipinski definition) is 5. The van der Waals surface area contributed by atoms with Crippen molar-refractivity contribution in [1.82, 2.24) is 9.21 Å². The molecule has 1 fully saturated rings. The first-order chi connectivity index (χ1) is 14.5. The lowest BCUT2D eigenvalue weighted by Gasteiger charge is -2.31. The summed E-state index contributed by atoms with van der Waals surface area (Å²) in [7, 11) is -1.83. The van der Waals surface area contributed by atoms with Crippen LogP contribution < -0.4 is 4.74 Å². The maximum atomic E-state index is 13.2. The SMILES string of the molecule is CN1CCN(S(=O)(=O)c2ccc(-c3cc(C(F)(F)F)ccc3OCC(=O)O)cc2)CC1. The van der Waals surface area contributed by atoms with E-state index >= 15 is 0 Å². The monoisotopic (exact) mass is 458 g/mol. The molecular weight excluding hydrogens is 437 g/mol. The molecule has 2 aromatic rings. The first-order valence-electron chi connectivity index (χ1n) is 9.33. The molecule has 0 spiro atoms. The number of carbonyl (C=O) groups is 1. The predicted molar refractivity (Wildman–Crippen MR) is 106 cm³/mol. The van der Waals surface area contributed by atoms with Crippen molar-refractivity contribution >= 4 is 16.0 Å². The summed E-state index contributed by atoms with van der Waals surface area (Å²) in [5, 5.41) is 8.81. The number of nitrogens with zero attached hydrogens (tertiary/aromatic N) is 2. The Kier molecular flexibility index (Phi) is 6.58. The molecule has 0 aromatic heterocycles. The van der Waals surface area contributed by atoms with Gasteiger partial charge in [-0.3, -0.25) is 0 Å². The third-order valence-electron chi connectivity index (χ3n) is 4.92. The Morgan fingerprint density at radius 3 is 2.23 bits per heavy atom. The molecule has 31 heavy (non-hydrogen) atoms. The van der Waals surface area contributed by atoms with Crippen molar-refractivity contribution in [1.29, 1.82) is 0 Å². The van der Waals surface area contributed by atoms with Gasteiger partial charge < -0.3 is 14.7 Å². The van der Waals surface area contributed by atoms with E-state index in [-0.39, 0.29) is 21.8 Å². The van der Waals surface area contributed by atoms with Crippen LogP contribution in [-0.4, -0.2) is 68.5 Å². The van der Waals surface area contributed by atoms with E-state index in [1.54, 1.807) is 0 Å². The molecule has 0 amide bonds. The average Bonchev–Trinajstić information content (AvgIpc) is 2.72. The molecule has 0 saturated carbocycles. The average molecular weight is 458 g/mol. The quantitative estimate of drug-likeness (QED) is 0.717. The smallest absolute Gasteiger partial charge is 0.416 e. The van der Waals surface area contributed by atoms with Crippen LogP contribution in [0.25, 0.3) is 11.1 Å². The zero-order valence-electron chi connectivity index (χ0n) is 16.6. The summed E-state index contributed by atoms with van der Waals surface area (Å²) >= 11 is 0. The number of hydrogen-bond donors (Lipinski definition) is 1. The molecule has 2 aromatic carbocycles. The van der Waals surface area contributed by atoms with Crippen molar-refractivity contribution < 1.29 is 36.2 Å². The molecule has 0 aliphatic carbocycles. The van der Waals surface area contributed by atoms with E-state index in [1.165, 1.54) is 28.6 Å². The van der Waals surface area contributed by atoms with Crippen molar-refractivity contribution in [3.05, 3.63) is 48.0 Å². The van der Waals surface area contributed by atoms with Crippen LogP contribution in [0.5, 0.6) is 5.75 Å². The number of likely N-dealkylation sites (N-methyl/N-ethyl adjacent to an activating group) is 1. The maximum absolute atomic E-state index is 13.2. The Morgan fingerprint density at radius 1 is 1.06 bits per heavy atom. The highest BCUT2D eigenvalue weighted by molar-refractivity contribution is 7.89. The largest absolute Gasteiger partial charge is 0.481 e. The van der Waals surface area contributed by atoms with E-state index in [0.717, 1.165) is 18.2 Å². The van der Waals surface area contributed by atoms with E-state index in [0.29, 0.717) is 26.2 Å². The zero-order chi connectivity index (χ0) is 22.8. The van der Waals surface area contributed by atoms with E-state index in [4.69, 9.17) is 9.84 Å². The molecule has 1 N–H and O–H groups in total. The molecule has 0 bridgehead atoms. The fraction of sp³-hybridized carbons (Fsp3) is 0.350. The standard InChI is InChI=1S/C20H21F3N2O5S/c1-24-8-10-25(11-9-24)31(28,29)16-5-2-14(3-6-16)17-12-15(20(21,22)23)4-7-18(17)30-13-19(26)27/h2-7,12H,8-11,13H2,1H3,(H,26,27).